The van der Waals surface area contributed by atoms with Crippen molar-refractivity contribution in [3.8, 4) is 0 Å². The highest BCUT2D eigenvalue weighted by atomic mass is 79.9. The average molecular weight is 456 g/mol. The number of hydrogen-bond acceptors (Lipinski definition) is 4. The van der Waals surface area contributed by atoms with E-state index in [0.29, 0.717) is 18.1 Å². The summed E-state index contributed by atoms with van der Waals surface area (Å²) >= 11 is 11.6. The third-order valence-corrected chi connectivity index (χ3v) is 6.51. The number of nitrogens with one attached hydrogen (secondary N) is 1. The molecule has 1 aliphatic rings. The molecule has 2 atom stereocenters. The van der Waals surface area contributed by atoms with Crippen LogP contribution in [-0.4, -0.2) is 15.7 Å². The lowest BCUT2D eigenvalue weighted by molar-refractivity contribution is 0.441. The monoisotopic (exact) mass is 454 g/mol. The molecule has 0 bridgehead atoms. The molecule has 0 unspecified atom stereocenters. The smallest absolute Gasteiger partial charge is 0.152 e. The van der Waals surface area contributed by atoms with Crippen molar-refractivity contribution in [1.82, 2.24) is 9.61 Å². The van der Waals surface area contributed by atoms with Gasteiger partial charge in [0, 0.05) is 35.9 Å². The first-order valence-corrected chi connectivity index (χ1v) is 10.3. The van der Waals surface area contributed by atoms with Gasteiger partial charge in [0.1, 0.15) is 4.60 Å². The van der Waals surface area contributed by atoms with Crippen LogP contribution in [0.3, 0.4) is 0 Å². The van der Waals surface area contributed by atoms with Crippen molar-refractivity contribution in [2.24, 2.45) is 5.73 Å². The third-order valence-electron chi connectivity index (χ3n) is 4.65. The molecule has 0 fully saturated rings. The van der Waals surface area contributed by atoms with E-state index in [-0.39, 0.29) is 24.2 Å². The molecule has 4 nitrogen and oxygen atoms in total. The van der Waals surface area contributed by atoms with Gasteiger partial charge in [-0.25, -0.2) is 8.91 Å². The van der Waals surface area contributed by atoms with Crippen LogP contribution >= 0.6 is 38.9 Å². The predicted molar refractivity (Wildman–Crippen MR) is 109 cm³/mol. The van der Waals surface area contributed by atoms with Crippen molar-refractivity contribution in [1.29, 1.82) is 0 Å². The molecule has 0 saturated heterocycles. The normalized spacial score (nSPS) is 20.4. The number of nitrogens with two attached hydrogens (primary N) is 1. The van der Waals surface area contributed by atoms with E-state index < -0.39 is 0 Å². The first-order valence-electron chi connectivity index (χ1n) is 8.27. The SMILES string of the molecule is N[C@H]1CC(F)=CC[C@@H]1c1cc2c(NCc3cccs3)cc(Cl)nn2c1Br. The van der Waals surface area contributed by atoms with Gasteiger partial charge in [0.15, 0.2) is 5.15 Å². The minimum atomic E-state index is -0.258. The third kappa shape index (κ3) is 3.41. The number of aromatic nitrogens is 2. The topological polar surface area (TPSA) is 55.3 Å². The maximum absolute atomic E-state index is 13.5. The number of halogens is 3. The number of nitrogens with zero attached hydrogens (tertiary/aromatic N) is 2. The molecule has 0 radical (unpaired) electrons. The highest BCUT2D eigenvalue weighted by molar-refractivity contribution is 9.10. The van der Waals surface area contributed by atoms with Crippen molar-refractivity contribution in [2.75, 3.05) is 5.32 Å². The summed E-state index contributed by atoms with van der Waals surface area (Å²) in [6.45, 7) is 0.711. The molecule has 0 amide bonds. The zero-order valence-corrected chi connectivity index (χ0v) is 16.9. The van der Waals surface area contributed by atoms with E-state index in [1.807, 2.05) is 12.1 Å². The van der Waals surface area contributed by atoms with E-state index in [1.54, 1.807) is 21.9 Å². The van der Waals surface area contributed by atoms with Gasteiger partial charge in [-0.1, -0.05) is 23.7 Å². The number of rotatable bonds is 4. The van der Waals surface area contributed by atoms with Gasteiger partial charge >= 0.3 is 0 Å². The van der Waals surface area contributed by atoms with Gasteiger partial charge in [-0.05, 0) is 45.4 Å². The Bertz CT molecular complexity index is 969. The predicted octanol–water partition coefficient (Wildman–Crippen LogP) is 5.48. The summed E-state index contributed by atoms with van der Waals surface area (Å²) in [4.78, 5) is 1.23. The second-order valence-corrected chi connectivity index (χ2v) is 8.53. The Kier molecular flexibility index (Phi) is 5.05. The first-order chi connectivity index (χ1) is 12.5. The number of anilines is 1. The van der Waals surface area contributed by atoms with Crippen molar-refractivity contribution >= 4 is 50.1 Å². The van der Waals surface area contributed by atoms with Gasteiger partial charge in [-0.15, -0.1) is 11.3 Å². The minimum absolute atomic E-state index is 0.0366. The summed E-state index contributed by atoms with van der Waals surface area (Å²) < 4.78 is 16.1. The molecule has 0 aliphatic heterocycles. The van der Waals surface area contributed by atoms with Gasteiger partial charge in [0.2, 0.25) is 0 Å². The minimum Gasteiger partial charge on any atom is -0.378 e. The number of allylic oxidation sites excluding steroid dienone is 1. The van der Waals surface area contributed by atoms with Crippen LogP contribution in [0.15, 0.2) is 46.2 Å². The number of thiophene rings is 1. The maximum Gasteiger partial charge on any atom is 0.152 e. The molecule has 3 aromatic rings. The quantitative estimate of drug-likeness (QED) is 0.547. The van der Waals surface area contributed by atoms with E-state index in [2.05, 4.69) is 43.9 Å². The van der Waals surface area contributed by atoms with Crippen LogP contribution in [0.4, 0.5) is 10.1 Å². The van der Waals surface area contributed by atoms with E-state index >= 15 is 0 Å². The van der Waals surface area contributed by atoms with Gasteiger partial charge in [-0.2, -0.15) is 5.10 Å². The molecule has 136 valence electrons. The Morgan fingerprint density at radius 1 is 1.46 bits per heavy atom. The summed E-state index contributed by atoms with van der Waals surface area (Å²) in [5, 5.41) is 10.3. The Labute approximate surface area is 168 Å². The zero-order chi connectivity index (χ0) is 18.3. The molecule has 26 heavy (non-hydrogen) atoms. The summed E-state index contributed by atoms with van der Waals surface area (Å²) in [6.07, 6.45) is 2.47. The van der Waals surface area contributed by atoms with Crippen LogP contribution in [-0.2, 0) is 6.54 Å². The second-order valence-electron chi connectivity index (χ2n) is 6.36. The average Bonchev–Trinajstić information content (AvgIpc) is 3.22. The number of fused-ring (bicyclic) bond motifs is 1. The molecule has 0 aromatic carbocycles. The molecule has 4 rings (SSSR count). The maximum atomic E-state index is 13.5. The highest BCUT2D eigenvalue weighted by Crippen LogP contribution is 2.39. The van der Waals surface area contributed by atoms with Gasteiger partial charge in [0.25, 0.3) is 0 Å². The van der Waals surface area contributed by atoms with Crippen LogP contribution < -0.4 is 11.1 Å². The Morgan fingerprint density at radius 3 is 3.04 bits per heavy atom. The lowest BCUT2D eigenvalue weighted by Crippen LogP contribution is -2.30. The van der Waals surface area contributed by atoms with Gasteiger partial charge in [-0.3, -0.25) is 0 Å². The molecular weight excluding hydrogens is 439 g/mol. The van der Waals surface area contributed by atoms with E-state index in [1.165, 1.54) is 4.88 Å². The van der Waals surface area contributed by atoms with Crippen LogP contribution in [0.1, 0.15) is 29.2 Å². The molecular formula is C18H17BrClFN4S. The van der Waals surface area contributed by atoms with E-state index in [0.717, 1.165) is 21.4 Å². The van der Waals surface area contributed by atoms with Crippen molar-refractivity contribution in [3.63, 3.8) is 0 Å². The molecule has 3 aromatic heterocycles. The highest BCUT2D eigenvalue weighted by Gasteiger charge is 2.28. The van der Waals surface area contributed by atoms with Crippen LogP contribution in [0.25, 0.3) is 5.52 Å². The second kappa shape index (κ2) is 7.31. The van der Waals surface area contributed by atoms with Crippen LogP contribution in [0.5, 0.6) is 0 Å². The summed E-state index contributed by atoms with van der Waals surface area (Å²) in [6, 6.07) is 7.73. The fraction of sp³-hybridized carbons (Fsp3) is 0.278. The van der Waals surface area contributed by atoms with Crippen molar-refractivity contribution < 1.29 is 4.39 Å². The fourth-order valence-electron chi connectivity index (χ4n) is 3.34. The molecule has 1 aliphatic carbocycles. The molecule has 0 saturated carbocycles. The van der Waals surface area contributed by atoms with Gasteiger partial charge < -0.3 is 11.1 Å². The summed E-state index contributed by atoms with van der Waals surface area (Å²) in [5.41, 5.74) is 9.05. The molecule has 3 heterocycles. The Hall–Kier alpha value is -1.41. The Balaban J connectivity index is 1.72. The molecule has 8 heteroatoms. The van der Waals surface area contributed by atoms with E-state index in [9.17, 15) is 4.39 Å². The zero-order valence-electron chi connectivity index (χ0n) is 13.8. The number of hydrogen-bond donors (Lipinski definition) is 2. The standard InChI is InChI=1S/C18H17BrClFN4S/c19-18-13(12-4-3-10(21)6-14(12)22)7-16-15(8-17(20)24-25(16)18)23-9-11-2-1-5-26-11/h1-3,5,7-8,12,14,23H,4,6,9,22H2/t12-,14+/m1/s1. The lowest BCUT2D eigenvalue weighted by Gasteiger charge is -2.25. The summed E-state index contributed by atoms with van der Waals surface area (Å²) in [7, 11) is 0. The molecule has 3 N–H and O–H groups in total. The van der Waals surface area contributed by atoms with E-state index in [4.69, 9.17) is 17.3 Å². The van der Waals surface area contributed by atoms with Gasteiger partial charge in [0.05, 0.1) is 17.0 Å². The Morgan fingerprint density at radius 2 is 2.31 bits per heavy atom. The van der Waals surface area contributed by atoms with Crippen molar-refractivity contribution in [3.05, 3.63) is 61.7 Å². The fourth-order valence-corrected chi connectivity index (χ4v) is 4.85. The van der Waals surface area contributed by atoms with Crippen LogP contribution in [0, 0.1) is 0 Å². The van der Waals surface area contributed by atoms with Crippen LogP contribution in [0.2, 0.25) is 5.15 Å². The first kappa shape index (κ1) is 18.0. The molecule has 0 spiro atoms. The summed E-state index contributed by atoms with van der Waals surface area (Å²) in [5.74, 6) is -0.0948. The van der Waals surface area contributed by atoms with Crippen molar-refractivity contribution in [2.45, 2.75) is 31.3 Å². The lowest BCUT2D eigenvalue weighted by atomic mass is 9.85. The largest absolute Gasteiger partial charge is 0.378 e.